The number of likely N-dealkylation sites (tertiary alicyclic amines) is 1. The van der Waals surface area contributed by atoms with E-state index < -0.39 is 59.7 Å². The van der Waals surface area contributed by atoms with Gasteiger partial charge < -0.3 is 48.5 Å². The number of phenolic OH excluding ortho intramolecular Hbond substituents is 1. The second-order valence-corrected chi connectivity index (χ2v) is 15.4. The Labute approximate surface area is 325 Å². The van der Waals surface area contributed by atoms with Crippen LogP contribution in [0.1, 0.15) is 81.6 Å². The molecule has 2 aliphatic rings. The van der Waals surface area contributed by atoms with Crippen molar-refractivity contribution in [3.63, 3.8) is 0 Å². The number of amides is 6. The van der Waals surface area contributed by atoms with Crippen LogP contribution in [0.3, 0.4) is 0 Å². The van der Waals surface area contributed by atoms with E-state index in [-0.39, 0.29) is 49.3 Å². The Hall–Kier alpha value is -5.19. The van der Waals surface area contributed by atoms with Crippen LogP contribution in [0, 0.1) is 5.92 Å². The quantitative estimate of drug-likeness (QED) is 0.0533. The molecule has 300 valence electrons. The number of phenols is 1. The van der Waals surface area contributed by atoms with Gasteiger partial charge in [-0.15, -0.1) is 11.3 Å². The smallest absolute Gasteiger partial charge is 0.245 e. The number of nitrogens with one attached hydrogen (secondary N) is 4. The highest BCUT2D eigenvalue weighted by Gasteiger charge is 2.43. The van der Waals surface area contributed by atoms with Crippen molar-refractivity contribution in [1.29, 1.82) is 0 Å². The van der Waals surface area contributed by atoms with E-state index in [2.05, 4.69) is 26.3 Å². The van der Waals surface area contributed by atoms with Crippen LogP contribution in [0.15, 0.2) is 46.8 Å². The molecule has 1 aromatic heterocycles. The summed E-state index contributed by atoms with van der Waals surface area (Å²) in [5.41, 5.74) is 17.0. The van der Waals surface area contributed by atoms with Gasteiger partial charge in [-0.05, 0) is 67.2 Å². The number of carbonyl (C=O) groups is 6. The van der Waals surface area contributed by atoms with Crippen LogP contribution < -0.4 is 38.5 Å². The standard InChI is InChI=1S/C38H55N9O7S/c1-23(48)43-30(22-27-10-7-19-55-27)35(52)46-31(21-24-8-3-2-4-9-24)37(54)47-18-16-32(47)36(53)45-29(20-25-12-14-26(49)15-13-25)34(51)44-28(33(39)50)11-5-6-17-42-38(40)41/h7,10,12-15,19,24,28-32,49H,2-6,8-9,11,16-18,20-22H2,1H3,(H2,39,50)(H,43,48)(H,44,51)(H,45,53)(H,46,52)(H4,40,41,42)/t28-,29+,30-,31+,32-/m0/s1. The maximum absolute atomic E-state index is 14.2. The Morgan fingerprint density at radius 1 is 0.836 bits per heavy atom. The highest BCUT2D eigenvalue weighted by Crippen LogP contribution is 2.29. The van der Waals surface area contributed by atoms with E-state index in [0.717, 1.165) is 37.0 Å². The Morgan fingerprint density at radius 2 is 1.51 bits per heavy atom. The number of primary amides is 1. The molecule has 17 heteroatoms. The average molecular weight is 782 g/mol. The van der Waals surface area contributed by atoms with Crippen LogP contribution in [0.2, 0.25) is 0 Å². The summed E-state index contributed by atoms with van der Waals surface area (Å²) in [4.78, 5) is 86.1. The zero-order chi connectivity index (χ0) is 39.9. The third-order valence-corrected chi connectivity index (χ3v) is 11.0. The SMILES string of the molecule is CC(=O)N[C@@H](Cc1cccs1)C(=O)N[C@H](CC1CCCCC1)C(=O)N1CC[C@H]1C(=O)N[C@H](Cc1ccc(O)cc1)C(=O)N[C@@H](CCCCN=C(N)N)C(N)=O. The highest BCUT2D eigenvalue weighted by molar-refractivity contribution is 7.09. The molecule has 1 aliphatic carbocycles. The van der Waals surface area contributed by atoms with Gasteiger partial charge in [-0.25, -0.2) is 0 Å². The molecule has 0 bridgehead atoms. The Morgan fingerprint density at radius 3 is 2.09 bits per heavy atom. The van der Waals surface area contributed by atoms with Gasteiger partial charge in [0.25, 0.3) is 0 Å². The lowest BCUT2D eigenvalue weighted by Crippen LogP contribution is -2.65. The predicted octanol–water partition coefficient (Wildman–Crippen LogP) is 0.698. The lowest BCUT2D eigenvalue weighted by atomic mass is 9.84. The summed E-state index contributed by atoms with van der Waals surface area (Å²) in [6.45, 7) is 1.95. The third kappa shape index (κ3) is 13.6. The normalized spacial score (nSPS) is 17.7. The first-order valence-electron chi connectivity index (χ1n) is 18.9. The molecule has 1 aromatic carbocycles. The maximum Gasteiger partial charge on any atom is 0.245 e. The van der Waals surface area contributed by atoms with Crippen molar-refractivity contribution in [2.24, 2.45) is 28.1 Å². The van der Waals surface area contributed by atoms with Crippen LogP contribution in [0.4, 0.5) is 0 Å². The molecule has 2 fully saturated rings. The predicted molar refractivity (Wildman–Crippen MR) is 208 cm³/mol. The number of hydrogen-bond donors (Lipinski definition) is 8. The van der Waals surface area contributed by atoms with Crippen LogP contribution in [0.5, 0.6) is 5.75 Å². The maximum atomic E-state index is 14.2. The molecule has 1 saturated carbocycles. The zero-order valence-electron chi connectivity index (χ0n) is 31.3. The number of nitrogens with zero attached hydrogens (tertiary/aromatic N) is 2. The van der Waals surface area contributed by atoms with Crippen LogP contribution in [-0.4, -0.2) is 94.7 Å². The Bertz CT molecular complexity index is 1640. The zero-order valence-corrected chi connectivity index (χ0v) is 32.2. The number of aliphatic imine (C=N–C) groups is 1. The first kappa shape index (κ1) is 42.6. The van der Waals surface area contributed by atoms with Crippen molar-refractivity contribution < 1.29 is 33.9 Å². The van der Waals surface area contributed by atoms with Crippen molar-refractivity contribution in [2.45, 2.75) is 114 Å². The van der Waals surface area contributed by atoms with Crippen molar-refractivity contribution >= 4 is 52.7 Å². The van der Waals surface area contributed by atoms with Gasteiger partial charge in [-0.2, -0.15) is 0 Å². The number of benzene rings is 1. The van der Waals surface area contributed by atoms with Crippen LogP contribution in [-0.2, 0) is 41.6 Å². The fourth-order valence-corrected chi connectivity index (χ4v) is 7.78. The summed E-state index contributed by atoms with van der Waals surface area (Å²) in [6, 6.07) is 4.96. The highest BCUT2D eigenvalue weighted by atomic mass is 32.1. The lowest BCUT2D eigenvalue weighted by Gasteiger charge is -2.42. The molecule has 55 heavy (non-hydrogen) atoms. The van der Waals surface area contributed by atoms with Gasteiger partial charge in [0.1, 0.15) is 36.0 Å². The largest absolute Gasteiger partial charge is 0.508 e. The number of carbonyl (C=O) groups excluding carboxylic acids is 6. The van der Waals surface area contributed by atoms with Crippen molar-refractivity contribution in [1.82, 2.24) is 26.2 Å². The van der Waals surface area contributed by atoms with Gasteiger partial charge in [0.2, 0.25) is 35.4 Å². The molecule has 5 atom stereocenters. The van der Waals surface area contributed by atoms with E-state index in [1.54, 1.807) is 12.1 Å². The molecule has 2 heterocycles. The second kappa shape index (κ2) is 21.0. The summed E-state index contributed by atoms with van der Waals surface area (Å²) in [7, 11) is 0. The summed E-state index contributed by atoms with van der Waals surface area (Å²) >= 11 is 1.46. The van der Waals surface area contributed by atoms with E-state index in [4.69, 9.17) is 17.2 Å². The number of unbranched alkanes of at least 4 members (excludes halogenated alkanes) is 1. The van der Waals surface area contributed by atoms with Gasteiger partial charge >= 0.3 is 0 Å². The van der Waals surface area contributed by atoms with Gasteiger partial charge in [0.05, 0.1) is 0 Å². The molecule has 2 aromatic rings. The van der Waals surface area contributed by atoms with Crippen molar-refractivity contribution in [3.05, 3.63) is 52.2 Å². The van der Waals surface area contributed by atoms with Crippen molar-refractivity contribution in [3.8, 4) is 5.75 Å². The summed E-state index contributed by atoms with van der Waals surface area (Å²) in [5, 5.41) is 22.8. The average Bonchev–Trinajstić information content (AvgIpc) is 3.63. The molecular weight excluding hydrogens is 727 g/mol. The molecule has 4 rings (SSSR count). The number of nitrogens with two attached hydrogens (primary N) is 3. The van der Waals surface area contributed by atoms with Gasteiger partial charge in [0.15, 0.2) is 5.96 Å². The van der Waals surface area contributed by atoms with E-state index >= 15 is 0 Å². The fourth-order valence-electron chi connectivity index (χ4n) is 7.03. The van der Waals surface area contributed by atoms with Gasteiger partial charge in [-0.3, -0.25) is 33.8 Å². The van der Waals surface area contributed by atoms with Gasteiger partial charge in [-0.1, -0.05) is 50.3 Å². The first-order chi connectivity index (χ1) is 26.3. The number of rotatable bonds is 20. The minimum absolute atomic E-state index is 0.0175. The summed E-state index contributed by atoms with van der Waals surface area (Å²) in [6.07, 6.45) is 7.27. The molecule has 0 spiro atoms. The number of aromatic hydroxyl groups is 1. The summed E-state index contributed by atoms with van der Waals surface area (Å²) in [5.74, 6) is -3.05. The van der Waals surface area contributed by atoms with Gasteiger partial charge in [0, 0.05) is 37.7 Å². The van der Waals surface area contributed by atoms with E-state index in [9.17, 15) is 33.9 Å². The number of thiophene rings is 1. The van der Waals surface area contributed by atoms with E-state index in [1.807, 2.05) is 17.5 Å². The fraction of sp³-hybridized carbons (Fsp3) is 0.553. The third-order valence-electron chi connectivity index (χ3n) is 10.1. The van der Waals surface area contributed by atoms with Crippen LogP contribution in [0.25, 0.3) is 0 Å². The molecule has 1 saturated heterocycles. The molecule has 16 nitrogen and oxygen atoms in total. The molecule has 6 amide bonds. The second-order valence-electron chi connectivity index (χ2n) is 14.4. The topological polar surface area (TPSA) is 264 Å². The Kier molecular flexibility index (Phi) is 16.3. The summed E-state index contributed by atoms with van der Waals surface area (Å²) < 4.78 is 0. The monoisotopic (exact) mass is 781 g/mol. The Balaban J connectivity index is 1.48. The number of guanidine groups is 1. The minimum atomic E-state index is -1.16. The molecule has 0 unspecified atom stereocenters. The molecular formula is C38H55N9O7S. The van der Waals surface area contributed by atoms with E-state index in [0.29, 0.717) is 37.8 Å². The van der Waals surface area contributed by atoms with Crippen LogP contribution >= 0.6 is 11.3 Å². The van der Waals surface area contributed by atoms with Crippen molar-refractivity contribution in [2.75, 3.05) is 13.1 Å². The first-order valence-corrected chi connectivity index (χ1v) is 19.8. The molecule has 1 aliphatic heterocycles. The molecule has 0 radical (unpaired) electrons. The van der Waals surface area contributed by atoms with E-state index in [1.165, 1.54) is 35.3 Å². The lowest BCUT2D eigenvalue weighted by molar-refractivity contribution is -0.151. The minimum Gasteiger partial charge on any atom is -0.508 e. The molecule has 11 N–H and O–H groups in total. The number of hydrogen-bond acceptors (Lipinski definition) is 9.